The summed E-state index contributed by atoms with van der Waals surface area (Å²) in [6, 6.07) is 12.0. The van der Waals surface area contributed by atoms with Crippen molar-refractivity contribution in [3.63, 3.8) is 0 Å². The van der Waals surface area contributed by atoms with Gasteiger partial charge in [-0.15, -0.1) is 0 Å². The zero-order chi connectivity index (χ0) is 27.7. The summed E-state index contributed by atoms with van der Waals surface area (Å²) in [6.45, 7) is 1.42. The normalized spacial score (nSPS) is 17.4. The zero-order valence-corrected chi connectivity index (χ0v) is 21.3. The maximum Gasteiger partial charge on any atom is 0.288 e. The van der Waals surface area contributed by atoms with Crippen LogP contribution in [0.1, 0.15) is 40.9 Å². The zero-order valence-electron chi connectivity index (χ0n) is 21.3. The Kier molecular flexibility index (Phi) is 7.66. The van der Waals surface area contributed by atoms with Gasteiger partial charge in [0.15, 0.2) is 23.4 Å². The fourth-order valence-corrected chi connectivity index (χ4v) is 4.08. The third-order valence-electron chi connectivity index (χ3n) is 6.61. The number of aromatic nitrogens is 1. The van der Waals surface area contributed by atoms with Crippen LogP contribution in [0.25, 0.3) is 11.3 Å². The average molecular weight is 531 g/mol. The van der Waals surface area contributed by atoms with E-state index in [9.17, 15) is 23.1 Å². The van der Waals surface area contributed by atoms with E-state index in [0.717, 1.165) is 0 Å². The highest BCUT2D eigenvalue weighted by Crippen LogP contribution is 2.46. The van der Waals surface area contributed by atoms with E-state index in [-0.39, 0.29) is 60.2 Å². The monoisotopic (exact) mass is 530 g/mol. The fourth-order valence-electron chi connectivity index (χ4n) is 4.08. The number of pyridine rings is 1. The lowest BCUT2D eigenvalue weighted by molar-refractivity contribution is 0.0297. The molecular formula is C28H29F3N2O5. The number of halogens is 3. The predicted octanol–water partition coefficient (Wildman–Crippen LogP) is 4.81. The van der Waals surface area contributed by atoms with Gasteiger partial charge in [-0.1, -0.05) is 0 Å². The molecule has 3 N–H and O–H groups in total. The van der Waals surface area contributed by atoms with Crippen LogP contribution in [0, 0.1) is 12.7 Å². The maximum absolute atomic E-state index is 13.8. The van der Waals surface area contributed by atoms with Crippen molar-refractivity contribution in [3.8, 4) is 28.5 Å². The van der Waals surface area contributed by atoms with Gasteiger partial charge in [0.25, 0.3) is 5.92 Å². The van der Waals surface area contributed by atoms with Gasteiger partial charge < -0.3 is 25.1 Å². The fraction of sp³-hybridized carbons (Fsp3) is 0.357. The summed E-state index contributed by atoms with van der Waals surface area (Å²) in [6.07, 6.45) is -1.70. The molecule has 0 spiro atoms. The number of nitrogens with two attached hydrogens (primary N) is 1. The first-order valence-corrected chi connectivity index (χ1v) is 12.0. The lowest BCUT2D eigenvalue weighted by atomic mass is 9.90. The van der Waals surface area contributed by atoms with E-state index >= 15 is 0 Å². The number of aryl methyl sites for hydroxylation is 1. The van der Waals surface area contributed by atoms with E-state index in [1.807, 2.05) is 0 Å². The predicted molar refractivity (Wildman–Crippen MR) is 134 cm³/mol. The quantitative estimate of drug-likeness (QED) is 0.343. The van der Waals surface area contributed by atoms with E-state index in [0.29, 0.717) is 22.6 Å². The molecule has 2 atom stereocenters. The van der Waals surface area contributed by atoms with Gasteiger partial charge in [-0.25, -0.2) is 18.2 Å². The highest BCUT2D eigenvalue weighted by molar-refractivity contribution is 5.96. The number of aliphatic hydroxyl groups is 1. The van der Waals surface area contributed by atoms with Gasteiger partial charge in [0.2, 0.25) is 0 Å². The van der Waals surface area contributed by atoms with Gasteiger partial charge in [0, 0.05) is 24.1 Å². The SMILES string of the molecule is COc1cc(C(=O)CCC(O)(CN)c2ccc(OC)c(-c3ccc(F)c(C)c3)n2)ccc1OC1CC1(F)F. The minimum Gasteiger partial charge on any atom is -0.494 e. The van der Waals surface area contributed by atoms with Gasteiger partial charge in [-0.05, 0) is 67.4 Å². The van der Waals surface area contributed by atoms with Crippen LogP contribution in [0.2, 0.25) is 0 Å². The van der Waals surface area contributed by atoms with Crippen LogP contribution in [0.5, 0.6) is 17.2 Å². The van der Waals surface area contributed by atoms with Crippen molar-refractivity contribution in [1.29, 1.82) is 0 Å². The highest BCUT2D eigenvalue weighted by atomic mass is 19.3. The number of carbonyl (C=O) groups is 1. The van der Waals surface area contributed by atoms with Crippen LogP contribution in [-0.4, -0.2) is 48.7 Å². The maximum atomic E-state index is 13.8. The lowest BCUT2D eigenvalue weighted by Crippen LogP contribution is -2.36. The van der Waals surface area contributed by atoms with Gasteiger partial charge >= 0.3 is 0 Å². The summed E-state index contributed by atoms with van der Waals surface area (Å²) in [5, 5.41) is 11.4. The molecule has 1 aliphatic rings. The summed E-state index contributed by atoms with van der Waals surface area (Å²) in [7, 11) is 2.83. The number of Topliss-reactive ketones (excluding diaryl/α,β-unsaturated/α-hetero) is 1. The van der Waals surface area contributed by atoms with Gasteiger partial charge in [-0.3, -0.25) is 4.79 Å². The number of rotatable bonds is 11. The Hall–Kier alpha value is -3.63. The molecule has 202 valence electrons. The van der Waals surface area contributed by atoms with Gasteiger partial charge in [0.05, 0.1) is 26.3 Å². The van der Waals surface area contributed by atoms with Crippen molar-refractivity contribution in [2.24, 2.45) is 5.73 Å². The minimum atomic E-state index is -2.86. The van der Waals surface area contributed by atoms with Crippen LogP contribution in [-0.2, 0) is 5.60 Å². The molecule has 4 rings (SSSR count). The van der Waals surface area contributed by atoms with Crippen molar-refractivity contribution >= 4 is 5.78 Å². The number of nitrogens with zero attached hydrogens (tertiary/aromatic N) is 1. The third kappa shape index (κ3) is 5.61. The molecule has 1 aromatic heterocycles. The number of carbonyl (C=O) groups excluding carboxylic acids is 1. The second-order valence-corrected chi connectivity index (χ2v) is 9.31. The highest BCUT2D eigenvalue weighted by Gasteiger charge is 2.60. The smallest absolute Gasteiger partial charge is 0.288 e. The largest absolute Gasteiger partial charge is 0.494 e. The first-order valence-electron chi connectivity index (χ1n) is 12.0. The number of ketones is 1. The lowest BCUT2D eigenvalue weighted by Gasteiger charge is -2.27. The van der Waals surface area contributed by atoms with Crippen molar-refractivity contribution < 1.29 is 37.3 Å². The van der Waals surface area contributed by atoms with Crippen LogP contribution in [0.3, 0.4) is 0 Å². The van der Waals surface area contributed by atoms with Crippen LogP contribution >= 0.6 is 0 Å². The van der Waals surface area contributed by atoms with Gasteiger partial charge in [-0.2, -0.15) is 0 Å². The molecule has 3 aromatic rings. The number of methoxy groups -OCH3 is 2. The van der Waals surface area contributed by atoms with Crippen molar-refractivity contribution in [2.45, 2.75) is 43.8 Å². The molecule has 1 aliphatic carbocycles. The third-order valence-corrected chi connectivity index (χ3v) is 6.61. The first kappa shape index (κ1) is 27.4. The summed E-state index contributed by atoms with van der Waals surface area (Å²) in [4.78, 5) is 17.5. The van der Waals surface area contributed by atoms with E-state index in [4.69, 9.17) is 19.9 Å². The van der Waals surface area contributed by atoms with E-state index in [1.54, 1.807) is 31.2 Å². The molecule has 0 radical (unpaired) electrons. The molecule has 0 saturated heterocycles. The van der Waals surface area contributed by atoms with Crippen LogP contribution in [0.4, 0.5) is 13.2 Å². The molecule has 0 bridgehead atoms. The van der Waals surface area contributed by atoms with Crippen LogP contribution < -0.4 is 19.9 Å². The Labute approximate surface area is 218 Å². The molecular weight excluding hydrogens is 501 g/mol. The molecule has 0 aliphatic heterocycles. The summed E-state index contributed by atoms with van der Waals surface area (Å²) >= 11 is 0. The number of hydrogen-bond acceptors (Lipinski definition) is 7. The molecule has 10 heteroatoms. The number of hydrogen-bond donors (Lipinski definition) is 2. The number of alkyl halides is 2. The topological polar surface area (TPSA) is 104 Å². The summed E-state index contributed by atoms with van der Waals surface area (Å²) in [5.41, 5.74) is 6.20. The Morgan fingerprint density at radius 1 is 1.11 bits per heavy atom. The van der Waals surface area contributed by atoms with E-state index in [2.05, 4.69) is 4.98 Å². The standard InChI is InChI=1S/C28H29F3N2O5/c1-16-12-18(4-6-19(16)29)26-22(36-2)8-9-24(33-26)27(35,15-32)11-10-20(34)17-5-7-21(23(13-17)37-3)38-25-14-28(25,30)31/h4-9,12-13,25,35H,10-11,14-15,32H2,1-3H3. The Morgan fingerprint density at radius 3 is 2.39 bits per heavy atom. The Balaban J connectivity index is 1.53. The molecule has 1 saturated carbocycles. The van der Waals surface area contributed by atoms with Crippen molar-refractivity contribution in [3.05, 3.63) is 71.2 Å². The Morgan fingerprint density at radius 2 is 1.79 bits per heavy atom. The number of ether oxygens (including phenoxy) is 3. The molecule has 1 heterocycles. The first-order chi connectivity index (χ1) is 18.0. The molecule has 1 fully saturated rings. The number of benzene rings is 2. The molecule has 2 unspecified atom stereocenters. The van der Waals surface area contributed by atoms with E-state index in [1.165, 1.54) is 38.5 Å². The second kappa shape index (κ2) is 10.6. The summed E-state index contributed by atoms with van der Waals surface area (Å²) in [5.74, 6) is -2.84. The molecule has 0 amide bonds. The van der Waals surface area contributed by atoms with Crippen molar-refractivity contribution in [2.75, 3.05) is 20.8 Å². The van der Waals surface area contributed by atoms with Crippen LogP contribution in [0.15, 0.2) is 48.5 Å². The molecule has 38 heavy (non-hydrogen) atoms. The van der Waals surface area contributed by atoms with Crippen molar-refractivity contribution in [1.82, 2.24) is 4.98 Å². The summed E-state index contributed by atoms with van der Waals surface area (Å²) < 4.78 is 56.2. The average Bonchev–Trinajstić information content (AvgIpc) is 3.53. The Bertz CT molecular complexity index is 1350. The van der Waals surface area contributed by atoms with E-state index < -0.39 is 17.6 Å². The molecule has 2 aromatic carbocycles. The van der Waals surface area contributed by atoms with Gasteiger partial charge in [0.1, 0.15) is 22.9 Å². The molecule has 7 nitrogen and oxygen atoms in total. The second-order valence-electron chi connectivity index (χ2n) is 9.31. The minimum absolute atomic E-state index is 0.0432.